The van der Waals surface area contributed by atoms with Crippen LogP contribution in [0.2, 0.25) is 0 Å². The highest BCUT2D eigenvalue weighted by molar-refractivity contribution is 5.92. The van der Waals surface area contributed by atoms with Crippen LogP contribution < -0.4 is 16.5 Å². The predicted octanol–water partition coefficient (Wildman–Crippen LogP) is 3.00. The quantitative estimate of drug-likeness (QED) is 0.711. The standard InChI is InChI=1S/C17H14N2O3/c1-10(20)19-13-6-7-16-14(8-13)15(21)9-17(22-16)11-2-4-12(18)5-3-11/h2-9H,18H2,1H3,(H,19,20). The Labute approximate surface area is 126 Å². The van der Waals surface area contributed by atoms with Gasteiger partial charge in [-0.05, 0) is 42.5 Å². The normalized spacial score (nSPS) is 10.6. The van der Waals surface area contributed by atoms with Crippen molar-refractivity contribution in [2.45, 2.75) is 6.92 Å². The first-order valence-electron chi connectivity index (χ1n) is 6.74. The fourth-order valence-corrected chi connectivity index (χ4v) is 2.23. The van der Waals surface area contributed by atoms with E-state index in [4.69, 9.17) is 10.2 Å². The topological polar surface area (TPSA) is 85.3 Å². The highest BCUT2D eigenvalue weighted by atomic mass is 16.3. The van der Waals surface area contributed by atoms with E-state index in [2.05, 4.69) is 5.32 Å². The van der Waals surface area contributed by atoms with Crippen LogP contribution in [0.15, 0.2) is 57.7 Å². The summed E-state index contributed by atoms with van der Waals surface area (Å²) in [6.07, 6.45) is 0. The van der Waals surface area contributed by atoms with E-state index >= 15 is 0 Å². The van der Waals surface area contributed by atoms with Crippen molar-refractivity contribution in [1.82, 2.24) is 0 Å². The number of anilines is 2. The second kappa shape index (κ2) is 5.37. The van der Waals surface area contributed by atoms with Crippen molar-refractivity contribution in [2.24, 2.45) is 0 Å². The molecule has 0 aliphatic heterocycles. The van der Waals surface area contributed by atoms with Crippen LogP contribution in [0.25, 0.3) is 22.3 Å². The van der Waals surface area contributed by atoms with Gasteiger partial charge in [0.2, 0.25) is 5.91 Å². The SMILES string of the molecule is CC(=O)Nc1ccc2oc(-c3ccc(N)cc3)cc(=O)c2c1. The monoisotopic (exact) mass is 294 g/mol. The maximum atomic E-state index is 12.3. The van der Waals surface area contributed by atoms with Crippen LogP contribution in [0.5, 0.6) is 0 Å². The molecule has 0 saturated carbocycles. The summed E-state index contributed by atoms with van der Waals surface area (Å²) in [6.45, 7) is 1.41. The van der Waals surface area contributed by atoms with Crippen LogP contribution in [0.3, 0.4) is 0 Å². The maximum Gasteiger partial charge on any atom is 0.221 e. The van der Waals surface area contributed by atoms with Gasteiger partial charge >= 0.3 is 0 Å². The minimum absolute atomic E-state index is 0.166. The van der Waals surface area contributed by atoms with Crippen molar-refractivity contribution in [2.75, 3.05) is 11.1 Å². The van der Waals surface area contributed by atoms with Crippen LogP contribution in [0.1, 0.15) is 6.92 Å². The van der Waals surface area contributed by atoms with Crippen molar-refractivity contribution in [1.29, 1.82) is 0 Å². The molecule has 1 heterocycles. The molecule has 0 atom stereocenters. The van der Waals surface area contributed by atoms with Crippen molar-refractivity contribution >= 4 is 28.3 Å². The van der Waals surface area contributed by atoms with E-state index < -0.39 is 0 Å². The Morgan fingerprint density at radius 1 is 1.09 bits per heavy atom. The average Bonchev–Trinajstić information content (AvgIpc) is 2.48. The second-order valence-electron chi connectivity index (χ2n) is 4.99. The molecule has 5 nitrogen and oxygen atoms in total. The minimum atomic E-state index is -0.192. The smallest absolute Gasteiger partial charge is 0.221 e. The summed E-state index contributed by atoms with van der Waals surface area (Å²) in [5.74, 6) is 0.284. The van der Waals surface area contributed by atoms with Crippen LogP contribution in [0.4, 0.5) is 11.4 Å². The number of benzene rings is 2. The molecule has 0 fully saturated rings. The van der Waals surface area contributed by atoms with Crippen molar-refractivity contribution < 1.29 is 9.21 Å². The van der Waals surface area contributed by atoms with Gasteiger partial charge in [0.1, 0.15) is 11.3 Å². The van der Waals surface area contributed by atoms with E-state index in [1.807, 2.05) is 0 Å². The Morgan fingerprint density at radius 3 is 2.50 bits per heavy atom. The zero-order valence-corrected chi connectivity index (χ0v) is 11.9. The number of nitrogen functional groups attached to an aromatic ring is 1. The first kappa shape index (κ1) is 13.9. The molecule has 0 radical (unpaired) electrons. The molecule has 0 unspecified atom stereocenters. The number of nitrogens with two attached hydrogens (primary N) is 1. The number of hydrogen-bond donors (Lipinski definition) is 2. The van der Waals surface area contributed by atoms with Crippen LogP contribution >= 0.6 is 0 Å². The molecule has 22 heavy (non-hydrogen) atoms. The van der Waals surface area contributed by atoms with Crippen molar-refractivity contribution in [3.05, 3.63) is 58.8 Å². The Kier molecular flexibility index (Phi) is 3.39. The lowest BCUT2D eigenvalue weighted by molar-refractivity contribution is -0.114. The van der Waals surface area contributed by atoms with Gasteiger partial charge in [0, 0.05) is 29.9 Å². The first-order valence-corrected chi connectivity index (χ1v) is 6.74. The Bertz CT molecular complexity index is 911. The van der Waals surface area contributed by atoms with Gasteiger partial charge in [0.15, 0.2) is 5.43 Å². The number of amides is 1. The van der Waals surface area contributed by atoms with E-state index in [1.165, 1.54) is 13.0 Å². The van der Waals surface area contributed by atoms with Gasteiger partial charge in [-0.1, -0.05) is 0 Å². The third-order valence-corrected chi connectivity index (χ3v) is 3.24. The van der Waals surface area contributed by atoms with Gasteiger partial charge < -0.3 is 15.5 Å². The summed E-state index contributed by atoms with van der Waals surface area (Å²) < 4.78 is 5.77. The van der Waals surface area contributed by atoms with Gasteiger partial charge in [-0.15, -0.1) is 0 Å². The van der Waals surface area contributed by atoms with Gasteiger partial charge in [0.25, 0.3) is 0 Å². The number of rotatable bonds is 2. The summed E-state index contributed by atoms with van der Waals surface area (Å²) in [5, 5.41) is 3.06. The Hall–Kier alpha value is -3.08. The summed E-state index contributed by atoms with van der Waals surface area (Å²) in [7, 11) is 0. The first-order chi connectivity index (χ1) is 10.5. The molecule has 3 N–H and O–H groups in total. The number of fused-ring (bicyclic) bond motifs is 1. The summed E-state index contributed by atoms with van der Waals surface area (Å²) in [5.41, 5.74) is 7.94. The Morgan fingerprint density at radius 2 is 1.82 bits per heavy atom. The molecule has 0 saturated heterocycles. The largest absolute Gasteiger partial charge is 0.456 e. The number of carbonyl (C=O) groups excluding carboxylic acids is 1. The fourth-order valence-electron chi connectivity index (χ4n) is 2.23. The molecule has 0 bridgehead atoms. The van der Waals surface area contributed by atoms with Gasteiger partial charge in [-0.2, -0.15) is 0 Å². The number of hydrogen-bond acceptors (Lipinski definition) is 4. The highest BCUT2D eigenvalue weighted by Crippen LogP contribution is 2.24. The van der Waals surface area contributed by atoms with E-state index in [0.717, 1.165) is 5.56 Å². The van der Waals surface area contributed by atoms with E-state index in [-0.39, 0.29) is 11.3 Å². The third kappa shape index (κ3) is 2.69. The summed E-state index contributed by atoms with van der Waals surface area (Å²) in [4.78, 5) is 23.4. The van der Waals surface area contributed by atoms with Crippen molar-refractivity contribution in [3.8, 4) is 11.3 Å². The lowest BCUT2D eigenvalue weighted by atomic mass is 10.1. The van der Waals surface area contributed by atoms with Gasteiger partial charge in [0.05, 0.1) is 5.39 Å². The predicted molar refractivity (Wildman–Crippen MR) is 86.6 cm³/mol. The molecule has 1 amide bonds. The molecule has 1 aromatic heterocycles. The summed E-state index contributed by atoms with van der Waals surface area (Å²) >= 11 is 0. The molecule has 110 valence electrons. The van der Waals surface area contributed by atoms with Gasteiger partial charge in [-0.25, -0.2) is 0 Å². The molecular formula is C17H14N2O3. The molecule has 0 aliphatic carbocycles. The minimum Gasteiger partial charge on any atom is -0.456 e. The molecule has 0 spiro atoms. The van der Waals surface area contributed by atoms with Crippen LogP contribution in [0, 0.1) is 0 Å². The third-order valence-electron chi connectivity index (χ3n) is 3.24. The van der Waals surface area contributed by atoms with Gasteiger partial charge in [-0.3, -0.25) is 9.59 Å². The van der Waals surface area contributed by atoms with E-state index in [9.17, 15) is 9.59 Å². The highest BCUT2D eigenvalue weighted by Gasteiger charge is 2.08. The molecule has 3 rings (SSSR count). The zero-order valence-electron chi connectivity index (χ0n) is 11.9. The molecule has 2 aromatic carbocycles. The van der Waals surface area contributed by atoms with E-state index in [0.29, 0.717) is 28.1 Å². The lowest BCUT2D eigenvalue weighted by Gasteiger charge is -2.06. The zero-order chi connectivity index (χ0) is 15.7. The maximum absolute atomic E-state index is 12.3. The summed E-state index contributed by atoms with van der Waals surface area (Å²) in [6, 6.07) is 13.5. The lowest BCUT2D eigenvalue weighted by Crippen LogP contribution is -2.07. The molecule has 0 aliphatic rings. The molecular weight excluding hydrogens is 280 g/mol. The van der Waals surface area contributed by atoms with Crippen molar-refractivity contribution in [3.63, 3.8) is 0 Å². The molecule has 5 heteroatoms. The van der Waals surface area contributed by atoms with E-state index in [1.54, 1.807) is 42.5 Å². The van der Waals surface area contributed by atoms with Crippen LogP contribution in [-0.4, -0.2) is 5.91 Å². The number of nitrogens with one attached hydrogen (secondary N) is 1. The average molecular weight is 294 g/mol. The van der Waals surface area contributed by atoms with Crippen LogP contribution in [-0.2, 0) is 4.79 Å². The second-order valence-corrected chi connectivity index (χ2v) is 4.99. The fraction of sp³-hybridized carbons (Fsp3) is 0.0588. The molecule has 3 aromatic rings. The number of carbonyl (C=O) groups is 1. The Balaban J connectivity index is 2.11.